The largest absolute Gasteiger partial charge is 0.478 e. The molecule has 1 fully saturated rings. The molecule has 2 rings (SSSR count). The van der Waals surface area contributed by atoms with E-state index in [1.54, 1.807) is 0 Å². The SMILES string of the molecule is CCOc1cc(C)nc(NC2CCCCC2Cl)n1. The van der Waals surface area contributed by atoms with Crippen LogP contribution in [0, 0.1) is 6.92 Å². The number of anilines is 1. The Balaban J connectivity index is 2.07. The van der Waals surface area contributed by atoms with E-state index in [0.29, 0.717) is 18.4 Å². The summed E-state index contributed by atoms with van der Waals surface area (Å²) >= 11 is 6.32. The molecular weight excluding hydrogens is 250 g/mol. The number of alkyl halides is 1. The Morgan fingerprint density at radius 1 is 1.39 bits per heavy atom. The first-order valence-corrected chi connectivity index (χ1v) is 7.01. The van der Waals surface area contributed by atoms with Gasteiger partial charge in [0, 0.05) is 17.8 Å². The highest BCUT2D eigenvalue weighted by Crippen LogP contribution is 2.25. The second-order valence-electron chi connectivity index (χ2n) is 4.66. The van der Waals surface area contributed by atoms with E-state index in [4.69, 9.17) is 16.3 Å². The van der Waals surface area contributed by atoms with Crippen molar-refractivity contribution in [1.82, 2.24) is 9.97 Å². The summed E-state index contributed by atoms with van der Waals surface area (Å²) in [5, 5.41) is 3.50. The monoisotopic (exact) mass is 269 g/mol. The molecule has 0 saturated heterocycles. The zero-order chi connectivity index (χ0) is 13.0. The van der Waals surface area contributed by atoms with Crippen LogP contribution in [-0.2, 0) is 0 Å². The summed E-state index contributed by atoms with van der Waals surface area (Å²) in [6, 6.07) is 2.10. The molecule has 0 radical (unpaired) electrons. The fourth-order valence-electron chi connectivity index (χ4n) is 2.24. The van der Waals surface area contributed by atoms with E-state index in [2.05, 4.69) is 15.3 Å². The molecule has 2 unspecified atom stereocenters. The van der Waals surface area contributed by atoms with Crippen molar-refractivity contribution in [3.63, 3.8) is 0 Å². The molecule has 1 N–H and O–H groups in total. The molecule has 0 spiro atoms. The van der Waals surface area contributed by atoms with Gasteiger partial charge < -0.3 is 10.1 Å². The molecule has 4 nitrogen and oxygen atoms in total. The van der Waals surface area contributed by atoms with Gasteiger partial charge in [-0.05, 0) is 26.7 Å². The van der Waals surface area contributed by atoms with E-state index in [9.17, 15) is 0 Å². The number of halogens is 1. The van der Waals surface area contributed by atoms with Crippen LogP contribution < -0.4 is 10.1 Å². The van der Waals surface area contributed by atoms with Gasteiger partial charge in [-0.15, -0.1) is 11.6 Å². The van der Waals surface area contributed by atoms with Crippen LogP contribution in [0.2, 0.25) is 0 Å². The molecule has 0 aromatic carbocycles. The van der Waals surface area contributed by atoms with E-state index in [-0.39, 0.29) is 11.4 Å². The molecule has 1 aliphatic rings. The number of aryl methyl sites for hydroxylation is 1. The smallest absolute Gasteiger partial charge is 0.226 e. The number of nitrogens with zero attached hydrogens (tertiary/aromatic N) is 2. The van der Waals surface area contributed by atoms with Gasteiger partial charge in [-0.1, -0.05) is 12.8 Å². The molecule has 1 aromatic rings. The van der Waals surface area contributed by atoms with Gasteiger partial charge in [0.1, 0.15) is 0 Å². The zero-order valence-corrected chi connectivity index (χ0v) is 11.7. The summed E-state index contributed by atoms with van der Waals surface area (Å²) in [7, 11) is 0. The van der Waals surface area contributed by atoms with Crippen molar-refractivity contribution < 1.29 is 4.74 Å². The number of rotatable bonds is 4. The van der Waals surface area contributed by atoms with E-state index >= 15 is 0 Å². The molecule has 18 heavy (non-hydrogen) atoms. The highest BCUT2D eigenvalue weighted by molar-refractivity contribution is 6.21. The van der Waals surface area contributed by atoms with Crippen molar-refractivity contribution in [3.8, 4) is 5.88 Å². The summed E-state index contributed by atoms with van der Waals surface area (Å²) in [5.41, 5.74) is 0.901. The van der Waals surface area contributed by atoms with Crippen molar-refractivity contribution >= 4 is 17.5 Å². The van der Waals surface area contributed by atoms with Crippen molar-refractivity contribution in [2.45, 2.75) is 50.9 Å². The molecule has 1 heterocycles. The minimum Gasteiger partial charge on any atom is -0.478 e. The Bertz CT molecular complexity index is 400. The maximum atomic E-state index is 6.32. The van der Waals surface area contributed by atoms with Gasteiger partial charge in [-0.25, -0.2) is 4.98 Å². The molecule has 1 saturated carbocycles. The quantitative estimate of drug-likeness (QED) is 0.853. The molecule has 0 amide bonds. The fraction of sp³-hybridized carbons (Fsp3) is 0.692. The first-order valence-electron chi connectivity index (χ1n) is 6.58. The summed E-state index contributed by atoms with van der Waals surface area (Å²) in [6.45, 7) is 4.49. The van der Waals surface area contributed by atoms with Gasteiger partial charge in [-0.3, -0.25) is 0 Å². The lowest BCUT2D eigenvalue weighted by Crippen LogP contribution is -2.33. The molecule has 0 aliphatic heterocycles. The van der Waals surface area contributed by atoms with Crippen LogP contribution >= 0.6 is 11.6 Å². The van der Waals surface area contributed by atoms with E-state index in [1.807, 2.05) is 19.9 Å². The van der Waals surface area contributed by atoms with Gasteiger partial charge >= 0.3 is 0 Å². The minimum atomic E-state index is 0.165. The van der Waals surface area contributed by atoms with Crippen LogP contribution in [0.3, 0.4) is 0 Å². The topological polar surface area (TPSA) is 47.0 Å². The van der Waals surface area contributed by atoms with Gasteiger partial charge in [-0.2, -0.15) is 4.98 Å². The summed E-state index contributed by atoms with van der Waals surface area (Å²) in [6.07, 6.45) is 4.56. The van der Waals surface area contributed by atoms with Gasteiger partial charge in [0.05, 0.1) is 12.0 Å². The average molecular weight is 270 g/mol. The highest BCUT2D eigenvalue weighted by Gasteiger charge is 2.23. The van der Waals surface area contributed by atoms with Crippen LogP contribution in [0.1, 0.15) is 38.3 Å². The second kappa shape index (κ2) is 6.23. The standard InChI is InChI=1S/C13H20ClN3O/c1-3-18-12-8-9(2)15-13(17-12)16-11-7-5-4-6-10(11)14/h8,10-11H,3-7H2,1-2H3,(H,15,16,17). The van der Waals surface area contributed by atoms with E-state index < -0.39 is 0 Å². The third-order valence-electron chi connectivity index (χ3n) is 3.12. The average Bonchev–Trinajstić information content (AvgIpc) is 2.32. The molecular formula is C13H20ClN3O. The van der Waals surface area contributed by atoms with Crippen molar-refractivity contribution in [2.75, 3.05) is 11.9 Å². The molecule has 2 atom stereocenters. The first kappa shape index (κ1) is 13.4. The fourth-order valence-corrected chi connectivity index (χ4v) is 2.58. The Hall–Kier alpha value is -1.03. The normalized spacial score (nSPS) is 23.7. The van der Waals surface area contributed by atoms with Crippen LogP contribution in [-0.4, -0.2) is 28.0 Å². The molecule has 0 bridgehead atoms. The third kappa shape index (κ3) is 3.48. The molecule has 5 heteroatoms. The van der Waals surface area contributed by atoms with Crippen LogP contribution in [0.25, 0.3) is 0 Å². The van der Waals surface area contributed by atoms with Crippen molar-refractivity contribution in [3.05, 3.63) is 11.8 Å². The number of hydrogen-bond donors (Lipinski definition) is 1. The van der Waals surface area contributed by atoms with Gasteiger partial charge in [0.25, 0.3) is 0 Å². The second-order valence-corrected chi connectivity index (χ2v) is 5.22. The third-order valence-corrected chi connectivity index (χ3v) is 3.64. The number of ether oxygens (including phenoxy) is 1. The zero-order valence-electron chi connectivity index (χ0n) is 10.9. The Kier molecular flexibility index (Phi) is 4.64. The van der Waals surface area contributed by atoms with Gasteiger partial charge in [0.15, 0.2) is 0 Å². The predicted molar refractivity (Wildman–Crippen MR) is 73.5 cm³/mol. The first-order chi connectivity index (χ1) is 8.69. The lowest BCUT2D eigenvalue weighted by molar-refractivity contribution is 0.326. The van der Waals surface area contributed by atoms with Crippen molar-refractivity contribution in [2.24, 2.45) is 0 Å². The number of nitrogens with one attached hydrogen (secondary N) is 1. The van der Waals surface area contributed by atoms with E-state index in [1.165, 1.54) is 12.8 Å². The molecule has 1 aliphatic carbocycles. The molecule has 1 aromatic heterocycles. The lowest BCUT2D eigenvalue weighted by Gasteiger charge is -2.27. The van der Waals surface area contributed by atoms with E-state index in [0.717, 1.165) is 18.5 Å². The Morgan fingerprint density at radius 3 is 2.89 bits per heavy atom. The summed E-state index contributed by atoms with van der Waals surface area (Å²) in [5.74, 6) is 1.24. The predicted octanol–water partition coefficient (Wildman–Crippen LogP) is 3.15. The summed E-state index contributed by atoms with van der Waals surface area (Å²) in [4.78, 5) is 8.73. The summed E-state index contributed by atoms with van der Waals surface area (Å²) < 4.78 is 5.42. The number of aromatic nitrogens is 2. The maximum Gasteiger partial charge on any atom is 0.226 e. The lowest BCUT2D eigenvalue weighted by atomic mass is 9.95. The highest BCUT2D eigenvalue weighted by atomic mass is 35.5. The number of hydrogen-bond acceptors (Lipinski definition) is 4. The maximum absolute atomic E-state index is 6.32. The minimum absolute atomic E-state index is 0.165. The van der Waals surface area contributed by atoms with Gasteiger partial charge in [0.2, 0.25) is 11.8 Å². The Morgan fingerprint density at radius 2 is 2.17 bits per heavy atom. The van der Waals surface area contributed by atoms with Crippen molar-refractivity contribution in [1.29, 1.82) is 0 Å². The van der Waals surface area contributed by atoms with Crippen LogP contribution in [0.5, 0.6) is 5.88 Å². The van der Waals surface area contributed by atoms with Crippen LogP contribution in [0.4, 0.5) is 5.95 Å². The Labute approximate surface area is 113 Å². The molecule has 100 valence electrons. The van der Waals surface area contributed by atoms with Crippen LogP contribution in [0.15, 0.2) is 6.07 Å².